The molecule has 3 aromatic heterocycles. The fourth-order valence-electron chi connectivity index (χ4n) is 7.69. The van der Waals surface area contributed by atoms with Gasteiger partial charge in [-0.25, -0.2) is 0 Å². The van der Waals surface area contributed by atoms with Crippen LogP contribution in [0.5, 0.6) is 0 Å². The molecule has 0 fully saturated rings. The van der Waals surface area contributed by atoms with Crippen molar-refractivity contribution in [2.75, 3.05) is 0 Å². The summed E-state index contributed by atoms with van der Waals surface area (Å²) in [7, 11) is 0. The molecule has 61 heavy (non-hydrogen) atoms. The number of aromatic nitrogens is 3. The maximum atomic E-state index is 9.57. The normalized spacial score (nSPS) is 10.7. The minimum atomic E-state index is 0. The first-order valence-corrected chi connectivity index (χ1v) is 20.2. The zero-order valence-electron chi connectivity index (χ0n) is 33.3. The summed E-state index contributed by atoms with van der Waals surface area (Å²) in [5.41, 5.74) is 17.9. The number of rotatable bonds is 12. The second kappa shape index (κ2) is 19.3. The first-order valence-electron chi connectivity index (χ1n) is 20.2. The van der Waals surface area contributed by atoms with E-state index in [1.807, 2.05) is 97.5 Å². The topological polar surface area (TPSA) is 62.5 Å². The Morgan fingerprint density at radius 2 is 0.885 bits per heavy atom. The van der Waals surface area contributed by atoms with Gasteiger partial charge < -0.3 is 15.0 Å². The van der Waals surface area contributed by atoms with Gasteiger partial charge >= 0.3 is 20.1 Å². The van der Waals surface area contributed by atoms with Crippen LogP contribution in [0.2, 0.25) is 0 Å². The van der Waals surface area contributed by atoms with Crippen LogP contribution in [0.4, 0.5) is 0 Å². The molecule has 0 aliphatic rings. The molecule has 0 N–H and O–H groups in total. The van der Waals surface area contributed by atoms with Crippen LogP contribution in [-0.4, -0.2) is 15.0 Å². The third kappa shape index (κ3) is 9.70. The molecule has 0 aliphatic heterocycles. The molecular formula is C56H39IrN4. The van der Waals surface area contributed by atoms with Gasteiger partial charge in [0.2, 0.25) is 0 Å². The molecule has 0 amide bonds. The van der Waals surface area contributed by atoms with E-state index in [-0.39, 0.29) is 20.1 Å². The predicted molar refractivity (Wildman–Crippen MR) is 241 cm³/mol. The van der Waals surface area contributed by atoms with Crippen LogP contribution in [0, 0.1) is 29.5 Å². The summed E-state index contributed by atoms with van der Waals surface area (Å²) in [4.78, 5) is 13.6. The van der Waals surface area contributed by atoms with E-state index in [1.54, 1.807) is 0 Å². The summed E-state index contributed by atoms with van der Waals surface area (Å²) in [6.07, 6.45) is 8.99. The Kier molecular flexibility index (Phi) is 12.9. The van der Waals surface area contributed by atoms with Crippen molar-refractivity contribution in [1.29, 1.82) is 5.26 Å². The van der Waals surface area contributed by atoms with Gasteiger partial charge in [-0.3, -0.25) is 0 Å². The van der Waals surface area contributed by atoms with Gasteiger partial charge in [0.15, 0.2) is 0 Å². The maximum absolute atomic E-state index is 9.57. The van der Waals surface area contributed by atoms with Crippen LogP contribution < -0.4 is 0 Å². The van der Waals surface area contributed by atoms with Crippen LogP contribution in [0.15, 0.2) is 188 Å². The van der Waals surface area contributed by atoms with E-state index in [0.29, 0.717) is 5.56 Å². The Bertz CT molecular complexity index is 2780. The SMILES string of the molecule is N#Cc1ccc(-c2cc(-c3ccccn3)[c-]cc2-c2ccccc2-c2cc(CCc3c[c-]c(-c4ccccn4)cc3)cc(CCc3c[c-]c(-c4ccccn4)cc3)c2)cc1.[Ir+3]. The van der Waals surface area contributed by atoms with Crippen LogP contribution in [0.25, 0.3) is 67.2 Å². The molecule has 4 nitrogen and oxygen atoms in total. The Balaban J connectivity index is 0.00000514. The van der Waals surface area contributed by atoms with Crippen LogP contribution in [0.3, 0.4) is 0 Å². The minimum absolute atomic E-state index is 0. The Labute approximate surface area is 371 Å². The zero-order valence-corrected chi connectivity index (χ0v) is 35.7. The summed E-state index contributed by atoms with van der Waals surface area (Å²) in [6, 6.07) is 71.3. The van der Waals surface area contributed by atoms with Crippen LogP contribution >= 0.6 is 0 Å². The fourth-order valence-corrected chi connectivity index (χ4v) is 7.69. The molecule has 0 radical (unpaired) electrons. The summed E-state index contributed by atoms with van der Waals surface area (Å²) in [6.45, 7) is 0. The second-order valence-electron chi connectivity index (χ2n) is 14.8. The minimum Gasteiger partial charge on any atom is -0.305 e. The standard InChI is InChI=1S/C56H39N4.Ir/c57-39-42-22-24-45(25-23-42)53-38-48(56-13-5-8-34-60-56)30-31-52(53)51-10-2-1-9-50(51)49-36-43(16-14-40-18-26-46(27-19-40)54-11-3-6-32-58-54)35-44(37-49)17-15-41-20-28-47(29-21-41)55-12-4-7-33-59-55;/h1-13,18-26,28,31-38H,14-17H2;/q-3;+3. The average molecular weight is 960 g/mol. The summed E-state index contributed by atoms with van der Waals surface area (Å²) < 4.78 is 0. The number of nitriles is 1. The molecule has 0 bridgehead atoms. The van der Waals surface area contributed by atoms with Gasteiger partial charge in [0.05, 0.1) is 11.6 Å². The van der Waals surface area contributed by atoms with Crippen molar-refractivity contribution < 1.29 is 20.1 Å². The molecule has 3 heterocycles. The van der Waals surface area contributed by atoms with E-state index >= 15 is 0 Å². The fraction of sp³-hybridized carbons (Fsp3) is 0.0714. The molecule has 5 heteroatoms. The molecular weight excluding hydrogens is 921 g/mol. The number of pyridine rings is 3. The Morgan fingerprint density at radius 1 is 0.393 bits per heavy atom. The molecule has 6 aromatic carbocycles. The van der Waals surface area contributed by atoms with E-state index in [2.05, 4.69) is 130 Å². The van der Waals surface area contributed by atoms with Crippen molar-refractivity contribution in [3.05, 3.63) is 234 Å². The maximum Gasteiger partial charge on any atom is 3.00 e. The monoisotopic (exact) mass is 960 g/mol. The van der Waals surface area contributed by atoms with Crippen molar-refractivity contribution in [2.24, 2.45) is 0 Å². The Hall–Kier alpha value is -7.09. The van der Waals surface area contributed by atoms with E-state index in [9.17, 15) is 5.26 Å². The average Bonchev–Trinajstić information content (AvgIpc) is 3.33. The van der Waals surface area contributed by atoms with Gasteiger partial charge in [-0.1, -0.05) is 121 Å². The predicted octanol–water partition coefficient (Wildman–Crippen LogP) is 12.7. The van der Waals surface area contributed by atoms with E-state index in [0.717, 1.165) is 87.3 Å². The molecule has 9 rings (SSSR count). The molecule has 0 aliphatic carbocycles. The smallest absolute Gasteiger partial charge is 0.305 e. The quantitative estimate of drug-likeness (QED) is 0.114. The van der Waals surface area contributed by atoms with Crippen molar-refractivity contribution in [3.63, 3.8) is 0 Å². The van der Waals surface area contributed by atoms with Crippen LogP contribution in [0.1, 0.15) is 27.8 Å². The molecule has 0 atom stereocenters. The molecule has 0 saturated carbocycles. The number of hydrogen-bond donors (Lipinski definition) is 0. The zero-order chi connectivity index (χ0) is 40.5. The number of benzene rings is 6. The van der Waals surface area contributed by atoms with Crippen molar-refractivity contribution in [1.82, 2.24) is 15.0 Å². The van der Waals surface area contributed by atoms with Crippen molar-refractivity contribution >= 4 is 0 Å². The van der Waals surface area contributed by atoms with E-state index in [4.69, 9.17) is 0 Å². The summed E-state index contributed by atoms with van der Waals surface area (Å²) >= 11 is 0. The van der Waals surface area contributed by atoms with Gasteiger partial charge in [0, 0.05) is 18.6 Å². The first kappa shape index (κ1) is 40.7. The largest absolute Gasteiger partial charge is 3.00 e. The molecule has 0 spiro atoms. The summed E-state index contributed by atoms with van der Waals surface area (Å²) in [5, 5.41) is 9.57. The van der Waals surface area contributed by atoms with Gasteiger partial charge in [-0.2, -0.15) is 5.26 Å². The molecule has 0 unspecified atom stereocenters. The molecule has 0 saturated heterocycles. The third-order valence-corrected chi connectivity index (χ3v) is 10.8. The van der Waals surface area contributed by atoms with E-state index in [1.165, 1.54) is 27.8 Å². The third-order valence-electron chi connectivity index (χ3n) is 10.8. The number of aryl methyl sites for hydroxylation is 4. The molecule has 9 aromatic rings. The van der Waals surface area contributed by atoms with Gasteiger partial charge in [0.25, 0.3) is 0 Å². The van der Waals surface area contributed by atoms with Crippen molar-refractivity contribution in [3.8, 4) is 73.2 Å². The van der Waals surface area contributed by atoms with Gasteiger partial charge in [0.1, 0.15) is 0 Å². The second-order valence-corrected chi connectivity index (χ2v) is 14.8. The van der Waals surface area contributed by atoms with Gasteiger partial charge in [-0.15, -0.1) is 94.5 Å². The number of nitrogens with zero attached hydrogens (tertiary/aromatic N) is 4. The van der Waals surface area contributed by atoms with Crippen molar-refractivity contribution in [2.45, 2.75) is 25.7 Å². The van der Waals surface area contributed by atoms with E-state index < -0.39 is 0 Å². The number of hydrogen-bond acceptors (Lipinski definition) is 4. The Morgan fingerprint density at radius 3 is 1.38 bits per heavy atom. The first-order chi connectivity index (χ1) is 29.7. The van der Waals surface area contributed by atoms with Crippen LogP contribution in [-0.2, 0) is 45.8 Å². The molecule has 292 valence electrons. The summed E-state index contributed by atoms with van der Waals surface area (Å²) in [5.74, 6) is 0. The van der Waals surface area contributed by atoms with Gasteiger partial charge in [-0.05, 0) is 88.1 Å².